The molecule has 0 atom stereocenters. The highest BCUT2D eigenvalue weighted by Gasteiger charge is 2.08. The highest BCUT2D eigenvalue weighted by atomic mass is 35.5. The molecule has 0 unspecified atom stereocenters. The number of hydrogen-bond donors (Lipinski definition) is 2. The fraction of sp³-hybridized carbons (Fsp3) is 0. The highest BCUT2D eigenvalue weighted by molar-refractivity contribution is 6.31. The van der Waals surface area contributed by atoms with E-state index in [-0.39, 0.29) is 0 Å². The van der Waals surface area contributed by atoms with E-state index in [9.17, 15) is 0 Å². The summed E-state index contributed by atoms with van der Waals surface area (Å²) < 4.78 is 0. The Bertz CT molecular complexity index is 704. The first-order chi connectivity index (χ1) is 9.24. The van der Waals surface area contributed by atoms with E-state index in [2.05, 4.69) is 10.2 Å². The summed E-state index contributed by atoms with van der Waals surface area (Å²) >= 11 is 6.00. The zero-order chi connectivity index (χ0) is 13.2. The molecule has 94 valence electrons. The molecule has 0 radical (unpaired) electrons. The van der Waals surface area contributed by atoms with Gasteiger partial charge in [0.1, 0.15) is 0 Å². The first kappa shape index (κ1) is 11.8. The van der Waals surface area contributed by atoms with Crippen LogP contribution in [-0.2, 0) is 0 Å². The molecule has 0 aliphatic rings. The topological polar surface area (TPSA) is 54.7 Å². The van der Waals surface area contributed by atoms with Crippen molar-refractivity contribution < 1.29 is 0 Å². The van der Waals surface area contributed by atoms with Crippen LogP contribution in [0.4, 0.5) is 5.69 Å². The van der Waals surface area contributed by atoms with Crippen LogP contribution in [0.5, 0.6) is 0 Å². The molecule has 0 aliphatic heterocycles. The second-order valence-electron chi connectivity index (χ2n) is 4.26. The van der Waals surface area contributed by atoms with Gasteiger partial charge in [0.15, 0.2) is 0 Å². The van der Waals surface area contributed by atoms with E-state index in [0.29, 0.717) is 10.7 Å². The lowest BCUT2D eigenvalue weighted by molar-refractivity contribution is 1.10. The Morgan fingerprint density at radius 2 is 1.79 bits per heavy atom. The molecule has 0 bridgehead atoms. The number of benzene rings is 2. The van der Waals surface area contributed by atoms with Gasteiger partial charge in [-0.3, -0.25) is 5.10 Å². The monoisotopic (exact) mass is 269 g/mol. The van der Waals surface area contributed by atoms with Crippen molar-refractivity contribution in [3.8, 4) is 22.5 Å². The van der Waals surface area contributed by atoms with Crippen LogP contribution in [0, 0.1) is 0 Å². The fourth-order valence-electron chi connectivity index (χ4n) is 1.98. The number of aromatic amines is 1. The van der Waals surface area contributed by atoms with Gasteiger partial charge in [-0.25, -0.2) is 0 Å². The smallest absolute Gasteiger partial charge is 0.0927 e. The van der Waals surface area contributed by atoms with Crippen molar-refractivity contribution in [3.63, 3.8) is 0 Å². The standard InChI is InChI=1S/C15H12ClN3/c16-11-6-7-13(17)12(8-11)15-9-14(18-19-15)10-4-2-1-3-5-10/h1-9H,17H2,(H,18,19). The van der Waals surface area contributed by atoms with Gasteiger partial charge in [-0.2, -0.15) is 5.10 Å². The minimum Gasteiger partial charge on any atom is -0.398 e. The number of nitrogens with two attached hydrogens (primary N) is 1. The highest BCUT2D eigenvalue weighted by Crippen LogP contribution is 2.29. The Balaban J connectivity index is 2.04. The Hall–Kier alpha value is -2.26. The zero-order valence-electron chi connectivity index (χ0n) is 10.1. The molecule has 3 rings (SSSR count). The van der Waals surface area contributed by atoms with Gasteiger partial charge in [-0.15, -0.1) is 0 Å². The van der Waals surface area contributed by atoms with E-state index in [0.717, 1.165) is 22.5 Å². The van der Waals surface area contributed by atoms with Crippen molar-refractivity contribution in [3.05, 3.63) is 59.6 Å². The molecule has 0 saturated heterocycles. The molecule has 0 aliphatic carbocycles. The summed E-state index contributed by atoms with van der Waals surface area (Å²) in [5.41, 5.74) is 10.3. The van der Waals surface area contributed by atoms with Crippen molar-refractivity contribution >= 4 is 17.3 Å². The summed E-state index contributed by atoms with van der Waals surface area (Å²) in [5, 5.41) is 7.96. The maximum Gasteiger partial charge on any atom is 0.0927 e. The molecule has 4 heteroatoms. The molecule has 19 heavy (non-hydrogen) atoms. The summed E-state index contributed by atoms with van der Waals surface area (Å²) in [6, 6.07) is 17.3. The maximum atomic E-state index is 6.00. The number of hydrogen-bond acceptors (Lipinski definition) is 2. The third kappa shape index (κ3) is 2.33. The van der Waals surface area contributed by atoms with Crippen LogP contribution in [0.2, 0.25) is 5.02 Å². The maximum absolute atomic E-state index is 6.00. The largest absolute Gasteiger partial charge is 0.398 e. The molecular formula is C15H12ClN3. The number of nitrogen functional groups attached to an aromatic ring is 1. The van der Waals surface area contributed by atoms with Crippen LogP contribution in [0.15, 0.2) is 54.6 Å². The van der Waals surface area contributed by atoms with Crippen LogP contribution < -0.4 is 5.73 Å². The number of nitrogens with one attached hydrogen (secondary N) is 1. The number of aromatic nitrogens is 2. The molecular weight excluding hydrogens is 258 g/mol. The van der Waals surface area contributed by atoms with E-state index in [1.54, 1.807) is 12.1 Å². The summed E-state index contributed by atoms with van der Waals surface area (Å²) in [5.74, 6) is 0. The molecule has 1 aromatic heterocycles. The van der Waals surface area contributed by atoms with Gasteiger partial charge in [0.2, 0.25) is 0 Å². The van der Waals surface area contributed by atoms with Gasteiger partial charge in [0, 0.05) is 21.8 Å². The third-order valence-corrected chi connectivity index (χ3v) is 3.19. The quantitative estimate of drug-likeness (QED) is 0.692. The summed E-state index contributed by atoms with van der Waals surface area (Å²) in [4.78, 5) is 0. The summed E-state index contributed by atoms with van der Waals surface area (Å²) in [6.07, 6.45) is 0. The van der Waals surface area contributed by atoms with Gasteiger partial charge in [0.25, 0.3) is 0 Å². The van der Waals surface area contributed by atoms with E-state index < -0.39 is 0 Å². The first-order valence-electron chi connectivity index (χ1n) is 5.90. The summed E-state index contributed by atoms with van der Waals surface area (Å²) in [6.45, 7) is 0. The molecule has 3 aromatic rings. The second kappa shape index (κ2) is 4.78. The molecule has 2 aromatic carbocycles. The zero-order valence-corrected chi connectivity index (χ0v) is 10.9. The minimum atomic E-state index is 0.653. The average Bonchev–Trinajstić information content (AvgIpc) is 2.92. The van der Waals surface area contributed by atoms with E-state index in [4.69, 9.17) is 17.3 Å². The minimum absolute atomic E-state index is 0.653. The normalized spacial score (nSPS) is 10.6. The van der Waals surface area contributed by atoms with Crippen molar-refractivity contribution in [2.45, 2.75) is 0 Å². The van der Waals surface area contributed by atoms with E-state index in [1.165, 1.54) is 0 Å². The molecule has 3 N–H and O–H groups in total. The number of nitrogens with zero attached hydrogens (tertiary/aromatic N) is 1. The molecule has 0 amide bonds. The van der Waals surface area contributed by atoms with Gasteiger partial charge in [-0.05, 0) is 24.3 Å². The Morgan fingerprint density at radius 1 is 1.00 bits per heavy atom. The lowest BCUT2D eigenvalue weighted by Gasteiger charge is -2.02. The van der Waals surface area contributed by atoms with Gasteiger partial charge in [-0.1, -0.05) is 41.9 Å². The Morgan fingerprint density at radius 3 is 2.58 bits per heavy atom. The molecule has 0 spiro atoms. The fourth-order valence-corrected chi connectivity index (χ4v) is 2.15. The van der Waals surface area contributed by atoms with Gasteiger partial charge >= 0.3 is 0 Å². The van der Waals surface area contributed by atoms with Crippen molar-refractivity contribution in [2.75, 3.05) is 5.73 Å². The van der Waals surface area contributed by atoms with Gasteiger partial charge in [0.05, 0.1) is 11.4 Å². The van der Waals surface area contributed by atoms with Crippen LogP contribution in [0.3, 0.4) is 0 Å². The molecule has 1 heterocycles. The SMILES string of the molecule is Nc1ccc(Cl)cc1-c1cc(-c2ccccc2)n[nH]1. The Labute approximate surface area is 116 Å². The second-order valence-corrected chi connectivity index (χ2v) is 4.70. The van der Waals surface area contributed by atoms with Crippen LogP contribution >= 0.6 is 11.6 Å². The van der Waals surface area contributed by atoms with Crippen molar-refractivity contribution in [1.82, 2.24) is 10.2 Å². The van der Waals surface area contributed by atoms with Crippen LogP contribution in [0.1, 0.15) is 0 Å². The van der Waals surface area contributed by atoms with Crippen LogP contribution in [-0.4, -0.2) is 10.2 Å². The van der Waals surface area contributed by atoms with E-state index in [1.807, 2.05) is 42.5 Å². The van der Waals surface area contributed by atoms with Crippen molar-refractivity contribution in [2.24, 2.45) is 0 Å². The number of H-pyrrole nitrogens is 1. The molecule has 0 fully saturated rings. The molecule has 0 saturated carbocycles. The molecule has 3 nitrogen and oxygen atoms in total. The third-order valence-electron chi connectivity index (χ3n) is 2.95. The first-order valence-corrected chi connectivity index (χ1v) is 6.28. The van der Waals surface area contributed by atoms with E-state index >= 15 is 0 Å². The number of anilines is 1. The lowest BCUT2D eigenvalue weighted by atomic mass is 10.1. The van der Waals surface area contributed by atoms with Gasteiger partial charge < -0.3 is 5.73 Å². The van der Waals surface area contributed by atoms with Crippen LogP contribution in [0.25, 0.3) is 22.5 Å². The predicted octanol–water partition coefficient (Wildman–Crippen LogP) is 3.98. The lowest BCUT2D eigenvalue weighted by Crippen LogP contribution is -1.89. The average molecular weight is 270 g/mol. The predicted molar refractivity (Wildman–Crippen MR) is 78.9 cm³/mol. The van der Waals surface area contributed by atoms with Crippen molar-refractivity contribution in [1.29, 1.82) is 0 Å². The summed E-state index contributed by atoms with van der Waals surface area (Å²) in [7, 11) is 0. The Kier molecular flexibility index (Phi) is 2.97. The number of halogens is 1. The number of rotatable bonds is 2.